The molecule has 6 heterocycles. The van der Waals surface area contributed by atoms with Crippen LogP contribution in [0.2, 0.25) is 0 Å². The van der Waals surface area contributed by atoms with Crippen molar-refractivity contribution in [2.24, 2.45) is 10.8 Å². The summed E-state index contributed by atoms with van der Waals surface area (Å²) in [5.74, 6) is 0. The lowest BCUT2D eigenvalue weighted by molar-refractivity contribution is 0.286. The molecule has 10 aromatic rings. The number of nitriles is 2. The SMILES string of the molecule is N#CC1(CCC2(C#N)Cc3cc4nc5c6cccnc6c6ncccc6c5nc4cc3C2)Cc2cc3nc4c5cccnc5c5ncccc5c4nc3cc2C1. The molecule has 2 aliphatic rings. The van der Waals surface area contributed by atoms with Crippen molar-refractivity contribution in [3.8, 4) is 12.1 Å². The van der Waals surface area contributed by atoms with Crippen LogP contribution in [0.1, 0.15) is 35.1 Å². The van der Waals surface area contributed by atoms with E-state index < -0.39 is 10.8 Å². The van der Waals surface area contributed by atoms with Gasteiger partial charge in [-0.15, -0.1) is 0 Å². The summed E-state index contributed by atoms with van der Waals surface area (Å²) in [5.41, 5.74) is 12.9. The lowest BCUT2D eigenvalue weighted by Gasteiger charge is -2.26. The van der Waals surface area contributed by atoms with E-state index in [0.29, 0.717) is 38.5 Å². The fraction of sp³-hybridized carbons (Fsp3) is 0.174. The molecule has 0 bridgehead atoms. The zero-order valence-corrected chi connectivity index (χ0v) is 30.0. The van der Waals surface area contributed by atoms with Crippen LogP contribution in [0.3, 0.4) is 0 Å². The Bertz CT molecular complexity index is 3050. The highest BCUT2D eigenvalue weighted by Gasteiger charge is 2.44. The Balaban J connectivity index is 0.883. The molecular formula is C46H28N10. The summed E-state index contributed by atoms with van der Waals surface area (Å²) in [5, 5.41) is 25.2. The topological polar surface area (TPSA) is 151 Å². The highest BCUT2D eigenvalue weighted by atomic mass is 14.8. The van der Waals surface area contributed by atoms with Crippen LogP contribution in [0.4, 0.5) is 0 Å². The largest absolute Gasteiger partial charge is 0.254 e. The number of nitrogens with zero attached hydrogens (tertiary/aromatic N) is 10. The van der Waals surface area contributed by atoms with Gasteiger partial charge in [0, 0.05) is 46.3 Å². The monoisotopic (exact) mass is 720 g/mol. The predicted octanol–water partition coefficient (Wildman–Crippen LogP) is 8.77. The van der Waals surface area contributed by atoms with E-state index in [9.17, 15) is 10.5 Å². The minimum Gasteiger partial charge on any atom is -0.254 e. The van der Waals surface area contributed by atoms with E-state index in [0.717, 1.165) is 110 Å². The maximum absolute atomic E-state index is 10.8. The van der Waals surface area contributed by atoms with Crippen LogP contribution in [0, 0.1) is 33.5 Å². The number of hydrogen-bond acceptors (Lipinski definition) is 10. The Hall–Kier alpha value is -7.30. The van der Waals surface area contributed by atoms with Gasteiger partial charge in [-0.2, -0.15) is 10.5 Å². The molecule has 0 atom stereocenters. The summed E-state index contributed by atoms with van der Waals surface area (Å²) in [6.07, 6.45) is 10.8. The fourth-order valence-corrected chi connectivity index (χ4v) is 9.61. The van der Waals surface area contributed by atoms with Crippen molar-refractivity contribution in [1.29, 1.82) is 10.5 Å². The molecule has 10 heteroatoms. The van der Waals surface area contributed by atoms with Gasteiger partial charge in [-0.25, -0.2) is 19.9 Å². The third-order valence-electron chi connectivity index (χ3n) is 12.3. The second kappa shape index (κ2) is 11.1. The molecule has 0 aliphatic heterocycles. The minimum atomic E-state index is -0.624. The van der Waals surface area contributed by atoms with E-state index >= 15 is 0 Å². The highest BCUT2D eigenvalue weighted by Crippen LogP contribution is 2.48. The number of rotatable bonds is 3. The van der Waals surface area contributed by atoms with Gasteiger partial charge in [0.25, 0.3) is 0 Å². The first-order valence-corrected chi connectivity index (χ1v) is 18.8. The summed E-state index contributed by atoms with van der Waals surface area (Å²) in [4.78, 5) is 39.3. The number of pyridine rings is 4. The molecule has 10 nitrogen and oxygen atoms in total. The normalized spacial score (nSPS) is 15.6. The van der Waals surface area contributed by atoms with Gasteiger partial charge in [-0.3, -0.25) is 19.9 Å². The quantitative estimate of drug-likeness (QED) is 0.128. The molecule has 0 unspecified atom stereocenters. The standard InChI is InChI=1S/C46H28N10/c47-23-45(19-25-15-33-34(16-26(25)20-45)54-42-30-6-2-12-50-38(30)37-29(41(42)53-33)5-1-11-49-37)9-10-46(24-48)21-27-17-35-36(18-28(27)22-46)56-44-32-8-4-14-52-40(32)39-31(43(44)55-35)7-3-13-51-39/h1-8,11-18H,9-10,19-22H2. The van der Waals surface area contributed by atoms with Crippen molar-refractivity contribution in [2.45, 2.75) is 38.5 Å². The van der Waals surface area contributed by atoms with E-state index in [1.54, 1.807) is 24.8 Å². The Labute approximate surface area is 318 Å². The number of aromatic nitrogens is 8. The highest BCUT2D eigenvalue weighted by molar-refractivity contribution is 6.22. The third-order valence-corrected chi connectivity index (χ3v) is 12.3. The van der Waals surface area contributed by atoms with Crippen LogP contribution in [0.15, 0.2) is 97.6 Å². The maximum Gasteiger partial charge on any atom is 0.0996 e. The maximum atomic E-state index is 10.8. The van der Waals surface area contributed by atoms with Gasteiger partial charge < -0.3 is 0 Å². The van der Waals surface area contributed by atoms with Crippen LogP contribution in [0.5, 0.6) is 0 Å². The molecule has 4 aromatic carbocycles. The lowest BCUT2D eigenvalue weighted by atomic mass is 9.73. The van der Waals surface area contributed by atoms with Gasteiger partial charge in [-0.05, 0) is 134 Å². The summed E-state index contributed by atoms with van der Waals surface area (Å²) in [6.45, 7) is 0. The number of benzene rings is 4. The van der Waals surface area contributed by atoms with Crippen LogP contribution in [0.25, 0.3) is 87.7 Å². The van der Waals surface area contributed by atoms with E-state index in [1.165, 1.54) is 0 Å². The van der Waals surface area contributed by atoms with E-state index in [4.69, 9.17) is 19.9 Å². The van der Waals surface area contributed by atoms with Crippen molar-refractivity contribution in [3.63, 3.8) is 0 Å². The molecule has 0 radical (unpaired) electrons. The van der Waals surface area contributed by atoms with Gasteiger partial charge in [0.1, 0.15) is 0 Å². The molecule has 0 N–H and O–H groups in total. The number of hydrogen-bond donors (Lipinski definition) is 0. The van der Waals surface area contributed by atoms with Crippen molar-refractivity contribution < 1.29 is 0 Å². The first-order chi connectivity index (χ1) is 27.5. The van der Waals surface area contributed by atoms with Crippen LogP contribution >= 0.6 is 0 Å². The molecule has 6 aromatic heterocycles. The smallest absolute Gasteiger partial charge is 0.0996 e. The molecule has 0 spiro atoms. The summed E-state index contributed by atoms with van der Waals surface area (Å²) in [7, 11) is 0. The molecule has 0 saturated heterocycles. The second-order valence-electron chi connectivity index (χ2n) is 15.7. The molecule has 0 fully saturated rings. The van der Waals surface area contributed by atoms with Gasteiger partial charge in [0.2, 0.25) is 0 Å². The van der Waals surface area contributed by atoms with Crippen molar-refractivity contribution >= 4 is 87.7 Å². The van der Waals surface area contributed by atoms with Gasteiger partial charge in [-0.1, -0.05) is 0 Å². The average Bonchev–Trinajstić information content (AvgIpc) is 3.80. The average molecular weight is 721 g/mol. The zero-order valence-electron chi connectivity index (χ0n) is 30.0. The second-order valence-corrected chi connectivity index (χ2v) is 15.7. The van der Waals surface area contributed by atoms with Crippen LogP contribution in [-0.4, -0.2) is 39.9 Å². The van der Waals surface area contributed by atoms with E-state index in [-0.39, 0.29) is 0 Å². The predicted molar refractivity (Wildman–Crippen MR) is 215 cm³/mol. The molecule has 0 amide bonds. The van der Waals surface area contributed by atoms with E-state index in [1.807, 2.05) is 48.5 Å². The molecule has 262 valence electrons. The molecule has 12 rings (SSSR count). The summed E-state index contributed by atoms with van der Waals surface area (Å²) >= 11 is 0. The van der Waals surface area contributed by atoms with Gasteiger partial charge in [0.15, 0.2) is 0 Å². The first-order valence-electron chi connectivity index (χ1n) is 18.8. The first kappa shape index (κ1) is 31.1. The molecular weight excluding hydrogens is 693 g/mol. The fourth-order valence-electron chi connectivity index (χ4n) is 9.61. The Morgan fingerprint density at radius 2 is 0.679 bits per heavy atom. The van der Waals surface area contributed by atoms with Crippen LogP contribution in [-0.2, 0) is 25.7 Å². The third kappa shape index (κ3) is 4.35. The Kier molecular flexibility index (Phi) is 6.18. The summed E-state index contributed by atoms with van der Waals surface area (Å²) in [6, 6.07) is 29.7. The molecule has 56 heavy (non-hydrogen) atoms. The number of fused-ring (bicyclic) bond motifs is 16. The van der Waals surface area contributed by atoms with Gasteiger partial charge >= 0.3 is 0 Å². The Morgan fingerprint density at radius 3 is 0.929 bits per heavy atom. The zero-order chi connectivity index (χ0) is 37.2. The van der Waals surface area contributed by atoms with Crippen molar-refractivity contribution in [2.75, 3.05) is 0 Å². The minimum absolute atomic E-state index is 0.614. The van der Waals surface area contributed by atoms with Crippen molar-refractivity contribution in [1.82, 2.24) is 39.9 Å². The Morgan fingerprint density at radius 1 is 0.411 bits per heavy atom. The van der Waals surface area contributed by atoms with Crippen LogP contribution < -0.4 is 0 Å². The van der Waals surface area contributed by atoms with Gasteiger partial charge in [0.05, 0.1) is 89.2 Å². The van der Waals surface area contributed by atoms with E-state index in [2.05, 4.69) is 56.3 Å². The molecule has 2 aliphatic carbocycles. The summed E-state index contributed by atoms with van der Waals surface area (Å²) < 4.78 is 0. The molecule has 0 saturated carbocycles. The van der Waals surface area contributed by atoms with Crippen molar-refractivity contribution in [3.05, 3.63) is 120 Å². The lowest BCUT2D eigenvalue weighted by Crippen LogP contribution is -2.26.